The largest absolute Gasteiger partial charge is 0.371 e. The maximum atomic E-state index is 12.1. The monoisotopic (exact) mass is 332 g/mol. The minimum absolute atomic E-state index is 0.0773. The van der Waals surface area contributed by atoms with Crippen LogP contribution in [0.4, 0.5) is 10.5 Å². The lowest BCUT2D eigenvalue weighted by atomic mass is 10.0. The van der Waals surface area contributed by atoms with Crippen molar-refractivity contribution in [3.63, 3.8) is 0 Å². The molecular formula is C18H28N4O2. The molecule has 1 aliphatic rings. The number of hydrogen-bond acceptors (Lipinski definition) is 3. The number of nitrogens with one attached hydrogen (secondary N) is 2. The summed E-state index contributed by atoms with van der Waals surface area (Å²) in [6.07, 6.45) is 1.80. The van der Waals surface area contributed by atoms with Crippen molar-refractivity contribution >= 4 is 17.6 Å². The summed E-state index contributed by atoms with van der Waals surface area (Å²) in [5.41, 5.74) is 1.22. The smallest absolute Gasteiger partial charge is 0.315 e. The number of likely N-dealkylation sites (N-methyl/N-ethyl adjacent to an activating group) is 1. The SMILES string of the molecule is CCN(C)C(=O)[C@@H](C)NC(=O)NC1CCN(c2ccccc2)CC1. The summed E-state index contributed by atoms with van der Waals surface area (Å²) in [5.74, 6) is -0.0773. The molecule has 0 bridgehead atoms. The predicted octanol–water partition coefficient (Wildman–Crippen LogP) is 1.82. The first-order valence-electron chi connectivity index (χ1n) is 8.63. The van der Waals surface area contributed by atoms with Crippen molar-refractivity contribution in [2.75, 3.05) is 31.6 Å². The Morgan fingerprint density at radius 2 is 1.88 bits per heavy atom. The molecule has 132 valence electrons. The molecule has 0 saturated carbocycles. The molecule has 0 aromatic heterocycles. The van der Waals surface area contributed by atoms with Crippen molar-refractivity contribution in [1.29, 1.82) is 0 Å². The summed E-state index contributed by atoms with van der Waals surface area (Å²) >= 11 is 0. The highest BCUT2D eigenvalue weighted by molar-refractivity contribution is 5.86. The van der Waals surface area contributed by atoms with Crippen LogP contribution in [0.3, 0.4) is 0 Å². The molecule has 24 heavy (non-hydrogen) atoms. The third-order valence-corrected chi connectivity index (χ3v) is 4.52. The van der Waals surface area contributed by atoms with Gasteiger partial charge in [-0.2, -0.15) is 0 Å². The van der Waals surface area contributed by atoms with Crippen molar-refractivity contribution in [2.24, 2.45) is 0 Å². The van der Waals surface area contributed by atoms with Crippen molar-refractivity contribution in [3.8, 4) is 0 Å². The van der Waals surface area contributed by atoms with E-state index in [0.29, 0.717) is 6.54 Å². The minimum atomic E-state index is -0.514. The van der Waals surface area contributed by atoms with E-state index in [9.17, 15) is 9.59 Å². The molecule has 1 saturated heterocycles. The van der Waals surface area contributed by atoms with Gasteiger partial charge in [-0.05, 0) is 38.8 Å². The van der Waals surface area contributed by atoms with Crippen molar-refractivity contribution in [3.05, 3.63) is 30.3 Å². The zero-order chi connectivity index (χ0) is 17.5. The number of para-hydroxylation sites is 1. The standard InChI is InChI=1S/C18H28N4O2/c1-4-21(3)17(23)14(2)19-18(24)20-15-10-12-22(13-11-15)16-8-6-5-7-9-16/h5-9,14-15H,4,10-13H2,1-3H3,(H2,19,20,24)/t14-/m1/s1. The van der Waals surface area contributed by atoms with Crippen LogP contribution in [0.1, 0.15) is 26.7 Å². The number of hydrogen-bond donors (Lipinski definition) is 2. The van der Waals surface area contributed by atoms with Gasteiger partial charge in [0.1, 0.15) is 6.04 Å². The number of piperidine rings is 1. The number of carbonyl (C=O) groups is 2. The molecule has 0 aliphatic carbocycles. The van der Waals surface area contributed by atoms with Gasteiger partial charge in [0.15, 0.2) is 0 Å². The molecule has 1 aromatic rings. The summed E-state index contributed by atoms with van der Waals surface area (Å²) in [6.45, 7) is 6.09. The average molecular weight is 332 g/mol. The highest BCUT2D eigenvalue weighted by atomic mass is 16.2. The lowest BCUT2D eigenvalue weighted by molar-refractivity contribution is -0.131. The van der Waals surface area contributed by atoms with Gasteiger partial charge in [0.05, 0.1) is 0 Å². The molecule has 1 atom stereocenters. The van der Waals surface area contributed by atoms with Crippen LogP contribution < -0.4 is 15.5 Å². The predicted molar refractivity (Wildman–Crippen MR) is 96.1 cm³/mol. The number of nitrogens with zero attached hydrogens (tertiary/aromatic N) is 2. The molecule has 2 N–H and O–H groups in total. The molecule has 6 nitrogen and oxygen atoms in total. The number of rotatable bonds is 5. The fourth-order valence-corrected chi connectivity index (χ4v) is 2.89. The molecule has 6 heteroatoms. The van der Waals surface area contributed by atoms with Crippen molar-refractivity contribution in [2.45, 2.75) is 38.8 Å². The van der Waals surface area contributed by atoms with Gasteiger partial charge in [0, 0.05) is 38.4 Å². The van der Waals surface area contributed by atoms with Gasteiger partial charge in [-0.25, -0.2) is 4.79 Å². The Balaban J connectivity index is 1.75. The second-order valence-electron chi connectivity index (χ2n) is 6.29. The molecule has 1 aromatic carbocycles. The van der Waals surface area contributed by atoms with Gasteiger partial charge >= 0.3 is 6.03 Å². The normalized spacial score (nSPS) is 16.4. The van der Waals surface area contributed by atoms with E-state index in [1.165, 1.54) is 5.69 Å². The van der Waals surface area contributed by atoms with Crippen molar-refractivity contribution in [1.82, 2.24) is 15.5 Å². The molecule has 0 unspecified atom stereocenters. The summed E-state index contributed by atoms with van der Waals surface area (Å²) in [7, 11) is 1.73. The van der Waals surface area contributed by atoms with Gasteiger partial charge in [-0.15, -0.1) is 0 Å². The van der Waals surface area contributed by atoms with E-state index >= 15 is 0 Å². The van der Waals surface area contributed by atoms with Gasteiger partial charge < -0.3 is 20.4 Å². The molecule has 1 fully saturated rings. The fourth-order valence-electron chi connectivity index (χ4n) is 2.89. The molecule has 0 spiro atoms. The quantitative estimate of drug-likeness (QED) is 0.864. The van der Waals surface area contributed by atoms with Crippen LogP contribution >= 0.6 is 0 Å². The maximum Gasteiger partial charge on any atom is 0.315 e. The zero-order valence-electron chi connectivity index (χ0n) is 14.8. The molecule has 1 heterocycles. The Hall–Kier alpha value is -2.24. The lowest BCUT2D eigenvalue weighted by Gasteiger charge is -2.34. The number of amides is 3. The van der Waals surface area contributed by atoms with E-state index in [-0.39, 0.29) is 18.0 Å². The van der Waals surface area contributed by atoms with Crippen LogP contribution in [0, 0.1) is 0 Å². The van der Waals surface area contributed by atoms with E-state index in [0.717, 1.165) is 25.9 Å². The fraction of sp³-hybridized carbons (Fsp3) is 0.556. The Bertz CT molecular complexity index is 541. The van der Waals surface area contributed by atoms with Crippen molar-refractivity contribution < 1.29 is 9.59 Å². The Labute approximate surface area is 144 Å². The lowest BCUT2D eigenvalue weighted by Crippen LogP contribution is -2.52. The first kappa shape index (κ1) is 18.1. The van der Waals surface area contributed by atoms with Crippen LogP contribution in [0.15, 0.2) is 30.3 Å². The summed E-state index contributed by atoms with van der Waals surface area (Å²) in [6, 6.07) is 9.68. The number of anilines is 1. The van der Waals surface area contributed by atoms with E-state index in [4.69, 9.17) is 0 Å². The number of urea groups is 1. The second kappa shape index (κ2) is 8.57. The van der Waals surface area contributed by atoms with Gasteiger partial charge in [-0.1, -0.05) is 18.2 Å². The van der Waals surface area contributed by atoms with Crippen LogP contribution in [0.2, 0.25) is 0 Å². The second-order valence-corrected chi connectivity index (χ2v) is 6.29. The maximum absolute atomic E-state index is 12.1. The Kier molecular flexibility index (Phi) is 6.46. The van der Waals surface area contributed by atoms with Gasteiger partial charge in [-0.3, -0.25) is 4.79 Å². The summed E-state index contributed by atoms with van der Waals surface area (Å²) in [5, 5.41) is 5.72. The third kappa shape index (κ3) is 4.88. The highest BCUT2D eigenvalue weighted by Gasteiger charge is 2.23. The van der Waals surface area contributed by atoms with Crippen LogP contribution in [0.5, 0.6) is 0 Å². The van der Waals surface area contributed by atoms with E-state index in [2.05, 4.69) is 27.7 Å². The van der Waals surface area contributed by atoms with E-state index in [1.807, 2.05) is 25.1 Å². The summed E-state index contributed by atoms with van der Waals surface area (Å²) in [4.78, 5) is 28.0. The molecule has 0 radical (unpaired) electrons. The number of benzene rings is 1. The molecule has 2 rings (SSSR count). The topological polar surface area (TPSA) is 64.7 Å². The Morgan fingerprint density at radius 3 is 2.46 bits per heavy atom. The zero-order valence-corrected chi connectivity index (χ0v) is 14.8. The van der Waals surface area contributed by atoms with E-state index in [1.54, 1.807) is 18.9 Å². The number of carbonyl (C=O) groups excluding carboxylic acids is 2. The van der Waals surface area contributed by atoms with Gasteiger partial charge in [0.25, 0.3) is 0 Å². The van der Waals surface area contributed by atoms with E-state index < -0.39 is 6.04 Å². The molecule has 3 amide bonds. The average Bonchev–Trinajstić information content (AvgIpc) is 2.61. The van der Waals surface area contributed by atoms with Crippen LogP contribution in [-0.2, 0) is 4.79 Å². The molecular weight excluding hydrogens is 304 g/mol. The van der Waals surface area contributed by atoms with Crippen LogP contribution in [0.25, 0.3) is 0 Å². The summed E-state index contributed by atoms with van der Waals surface area (Å²) < 4.78 is 0. The van der Waals surface area contributed by atoms with Crippen LogP contribution in [-0.4, -0.2) is 55.6 Å². The first-order valence-corrected chi connectivity index (χ1v) is 8.63. The Morgan fingerprint density at radius 1 is 1.25 bits per heavy atom. The minimum Gasteiger partial charge on any atom is -0.371 e. The first-order chi connectivity index (χ1) is 11.5. The van der Waals surface area contributed by atoms with Gasteiger partial charge in [0.2, 0.25) is 5.91 Å². The molecule has 1 aliphatic heterocycles. The highest BCUT2D eigenvalue weighted by Crippen LogP contribution is 2.19. The third-order valence-electron chi connectivity index (χ3n) is 4.52.